The lowest BCUT2D eigenvalue weighted by atomic mass is 10.0. The summed E-state index contributed by atoms with van der Waals surface area (Å²) in [6.45, 7) is 0. The van der Waals surface area contributed by atoms with E-state index in [0.29, 0.717) is 39.7 Å². The topological polar surface area (TPSA) is 85.3 Å². The average Bonchev–Trinajstić information content (AvgIpc) is 3.41. The number of amidine groups is 1. The van der Waals surface area contributed by atoms with E-state index in [4.69, 9.17) is 21.1 Å². The Morgan fingerprint density at radius 3 is 2.58 bits per heavy atom. The Bertz CT molecular complexity index is 992. The van der Waals surface area contributed by atoms with Crippen molar-refractivity contribution < 1.29 is 22.7 Å². The lowest BCUT2D eigenvalue weighted by molar-refractivity contribution is -0.118. The number of hydrogen-bond donors (Lipinski definition) is 0. The summed E-state index contributed by atoms with van der Waals surface area (Å²) in [6, 6.07) is 3.03. The van der Waals surface area contributed by atoms with Crippen LogP contribution in [0.15, 0.2) is 17.1 Å². The monoisotopic (exact) mass is 486 g/mol. The molecule has 31 heavy (non-hydrogen) atoms. The Kier molecular flexibility index (Phi) is 6.74. The van der Waals surface area contributed by atoms with E-state index in [0.717, 1.165) is 6.42 Å². The molecule has 0 bridgehead atoms. The van der Waals surface area contributed by atoms with E-state index in [2.05, 4.69) is 4.99 Å². The molecule has 1 aliphatic carbocycles. The van der Waals surface area contributed by atoms with Gasteiger partial charge in [0, 0.05) is 17.7 Å². The summed E-state index contributed by atoms with van der Waals surface area (Å²) in [5, 5.41) is 0.706. The fourth-order valence-corrected chi connectivity index (χ4v) is 8.83. The fourth-order valence-electron chi connectivity index (χ4n) is 4.67. The molecule has 1 saturated carbocycles. The first-order valence-corrected chi connectivity index (χ1v) is 13.6. The zero-order chi connectivity index (χ0) is 22.2. The Morgan fingerprint density at radius 1 is 1.19 bits per heavy atom. The number of anilines is 1. The third kappa shape index (κ3) is 4.83. The first-order chi connectivity index (χ1) is 14.8. The van der Waals surface area contributed by atoms with E-state index in [1.807, 2.05) is 4.90 Å². The molecule has 1 aromatic carbocycles. The molecule has 2 heterocycles. The molecule has 0 spiro atoms. The van der Waals surface area contributed by atoms with Gasteiger partial charge in [0.1, 0.15) is 11.5 Å². The molecule has 170 valence electrons. The number of ether oxygens (including phenoxy) is 2. The molecule has 7 nitrogen and oxygen atoms in total. The maximum absolute atomic E-state index is 12.7. The van der Waals surface area contributed by atoms with Crippen LogP contribution in [-0.2, 0) is 14.6 Å². The van der Waals surface area contributed by atoms with Crippen LogP contribution in [0.3, 0.4) is 0 Å². The number of aliphatic imine (C=N–C) groups is 1. The number of fused-ring (bicyclic) bond motifs is 1. The molecule has 2 atom stereocenters. The van der Waals surface area contributed by atoms with Crippen LogP contribution >= 0.6 is 23.4 Å². The highest BCUT2D eigenvalue weighted by molar-refractivity contribution is 8.16. The van der Waals surface area contributed by atoms with Gasteiger partial charge in [-0.2, -0.15) is 4.99 Å². The normalized spacial score (nSPS) is 26.4. The number of sulfone groups is 1. The van der Waals surface area contributed by atoms with Gasteiger partial charge in [0.05, 0.1) is 42.5 Å². The van der Waals surface area contributed by atoms with Crippen LogP contribution in [0.2, 0.25) is 5.02 Å². The average molecular weight is 487 g/mol. The Morgan fingerprint density at radius 2 is 1.90 bits per heavy atom. The van der Waals surface area contributed by atoms with Gasteiger partial charge in [0.25, 0.3) is 0 Å². The molecule has 4 rings (SSSR count). The fraction of sp³-hybridized carbons (Fsp3) is 0.619. The molecule has 2 saturated heterocycles. The van der Waals surface area contributed by atoms with Crippen molar-refractivity contribution in [3.05, 3.63) is 17.2 Å². The molecule has 0 radical (unpaired) electrons. The summed E-state index contributed by atoms with van der Waals surface area (Å²) < 4.78 is 35.4. The number of rotatable bonds is 6. The number of methoxy groups -OCH3 is 2. The van der Waals surface area contributed by atoms with Crippen molar-refractivity contribution in [1.29, 1.82) is 0 Å². The van der Waals surface area contributed by atoms with Crippen molar-refractivity contribution in [2.24, 2.45) is 10.9 Å². The highest BCUT2D eigenvalue weighted by Crippen LogP contribution is 2.46. The third-order valence-corrected chi connectivity index (χ3v) is 9.75. The van der Waals surface area contributed by atoms with Crippen molar-refractivity contribution in [2.75, 3.05) is 30.6 Å². The lowest BCUT2D eigenvalue weighted by Gasteiger charge is -2.27. The number of thioether (sulfide) groups is 1. The quantitative estimate of drug-likeness (QED) is 0.602. The maximum atomic E-state index is 12.7. The maximum Gasteiger partial charge on any atom is 0.248 e. The number of carbonyl (C=O) groups excluding carboxylic acids is 1. The van der Waals surface area contributed by atoms with Crippen molar-refractivity contribution >= 4 is 50.0 Å². The second-order valence-corrected chi connectivity index (χ2v) is 12.1. The number of benzene rings is 1. The number of halogens is 1. The zero-order valence-corrected chi connectivity index (χ0v) is 20.1. The summed E-state index contributed by atoms with van der Waals surface area (Å²) in [5.74, 6) is 1.46. The number of amides is 1. The largest absolute Gasteiger partial charge is 0.495 e. The predicted molar refractivity (Wildman–Crippen MR) is 124 cm³/mol. The van der Waals surface area contributed by atoms with E-state index in [9.17, 15) is 13.2 Å². The molecular formula is C21H27ClN2O5S2. The van der Waals surface area contributed by atoms with Crippen molar-refractivity contribution in [3.63, 3.8) is 0 Å². The number of carbonyl (C=O) groups is 1. The number of hydrogen-bond acceptors (Lipinski definition) is 6. The molecule has 2 aliphatic heterocycles. The molecule has 0 unspecified atom stereocenters. The Labute approximate surface area is 192 Å². The second kappa shape index (κ2) is 9.19. The van der Waals surface area contributed by atoms with Crippen molar-refractivity contribution in [1.82, 2.24) is 0 Å². The summed E-state index contributed by atoms with van der Waals surface area (Å²) in [5.41, 5.74) is 0.591. The van der Waals surface area contributed by atoms with Gasteiger partial charge >= 0.3 is 0 Å². The van der Waals surface area contributed by atoms with Gasteiger partial charge in [-0.05, 0) is 18.4 Å². The zero-order valence-electron chi connectivity index (χ0n) is 17.7. The van der Waals surface area contributed by atoms with E-state index in [1.165, 1.54) is 51.7 Å². The minimum atomic E-state index is -3.16. The van der Waals surface area contributed by atoms with Crippen LogP contribution in [0.4, 0.5) is 5.69 Å². The SMILES string of the molecule is COc1cc(OC)c(N2C(=NC(=O)CCC3CCCC3)S[C@H]3CS(=O)(=O)C[C@H]32)cc1Cl. The Balaban J connectivity index is 1.65. The number of nitrogens with zero attached hydrogens (tertiary/aromatic N) is 2. The molecule has 0 aromatic heterocycles. The molecule has 10 heteroatoms. The smallest absolute Gasteiger partial charge is 0.248 e. The van der Waals surface area contributed by atoms with Crippen LogP contribution in [0.25, 0.3) is 0 Å². The van der Waals surface area contributed by atoms with Crippen LogP contribution in [-0.4, -0.2) is 56.5 Å². The van der Waals surface area contributed by atoms with Gasteiger partial charge in [0.15, 0.2) is 15.0 Å². The summed E-state index contributed by atoms with van der Waals surface area (Å²) in [6.07, 6.45) is 6.14. The van der Waals surface area contributed by atoms with E-state index in [-0.39, 0.29) is 28.7 Å². The van der Waals surface area contributed by atoms with Gasteiger partial charge in [-0.25, -0.2) is 8.42 Å². The van der Waals surface area contributed by atoms with E-state index >= 15 is 0 Å². The van der Waals surface area contributed by atoms with Gasteiger partial charge in [-0.1, -0.05) is 49.0 Å². The lowest BCUT2D eigenvalue weighted by Crippen LogP contribution is -2.38. The van der Waals surface area contributed by atoms with Crippen LogP contribution in [0.5, 0.6) is 11.5 Å². The molecule has 0 N–H and O–H groups in total. The second-order valence-electron chi connectivity index (χ2n) is 8.31. The third-order valence-electron chi connectivity index (χ3n) is 6.24. The first-order valence-electron chi connectivity index (χ1n) is 10.5. The summed E-state index contributed by atoms with van der Waals surface area (Å²) >= 11 is 7.73. The highest BCUT2D eigenvalue weighted by Gasteiger charge is 2.50. The predicted octanol–water partition coefficient (Wildman–Crippen LogP) is 3.93. The van der Waals surface area contributed by atoms with Gasteiger partial charge in [-0.3, -0.25) is 4.79 Å². The van der Waals surface area contributed by atoms with Crippen molar-refractivity contribution in [3.8, 4) is 11.5 Å². The minimum Gasteiger partial charge on any atom is -0.495 e. The molecular weight excluding hydrogens is 460 g/mol. The summed E-state index contributed by atoms with van der Waals surface area (Å²) in [7, 11) is -0.118. The Hall–Kier alpha value is -1.45. The minimum absolute atomic E-state index is 0.00670. The highest BCUT2D eigenvalue weighted by atomic mass is 35.5. The summed E-state index contributed by atoms with van der Waals surface area (Å²) in [4.78, 5) is 18.9. The van der Waals surface area contributed by atoms with Gasteiger partial charge in [0.2, 0.25) is 5.91 Å². The van der Waals surface area contributed by atoms with Crippen LogP contribution in [0.1, 0.15) is 38.5 Å². The molecule has 3 aliphatic rings. The standard InChI is InChI=1S/C21H27ClN2O5S2/c1-28-17-10-18(29-2)15(9-14(17)22)24-16-11-31(26,27)12-19(16)30-21(24)23-20(25)8-7-13-5-3-4-6-13/h9-10,13,16,19H,3-8,11-12H2,1-2H3/t16-,19+/m1/s1. The van der Waals surface area contributed by atoms with Gasteiger partial charge in [-0.15, -0.1) is 0 Å². The van der Waals surface area contributed by atoms with Gasteiger partial charge < -0.3 is 14.4 Å². The molecule has 1 amide bonds. The van der Waals surface area contributed by atoms with Crippen molar-refractivity contribution in [2.45, 2.75) is 49.8 Å². The molecule has 3 fully saturated rings. The van der Waals surface area contributed by atoms with E-state index < -0.39 is 9.84 Å². The van der Waals surface area contributed by atoms with Crippen LogP contribution < -0.4 is 14.4 Å². The van der Waals surface area contributed by atoms with Crippen LogP contribution in [0, 0.1) is 5.92 Å². The van der Waals surface area contributed by atoms with E-state index in [1.54, 1.807) is 12.1 Å². The molecule has 1 aromatic rings. The first kappa shape index (κ1) is 22.7.